The van der Waals surface area contributed by atoms with E-state index < -0.39 is 19.9 Å². The molecule has 2 aliphatic rings. The number of sulfone groups is 1. The summed E-state index contributed by atoms with van der Waals surface area (Å²) in [5, 5.41) is 9.04. The normalized spacial score (nSPS) is 12.0. The van der Waals surface area contributed by atoms with Crippen LogP contribution in [0.25, 0.3) is 11.1 Å². The van der Waals surface area contributed by atoms with Crippen molar-refractivity contribution in [3.8, 4) is 17.2 Å². The van der Waals surface area contributed by atoms with Gasteiger partial charge in [0.2, 0.25) is 19.9 Å². The van der Waals surface area contributed by atoms with Gasteiger partial charge in [0.1, 0.15) is 0 Å². The van der Waals surface area contributed by atoms with Gasteiger partial charge < -0.3 is 0 Å². The van der Waals surface area contributed by atoms with Crippen LogP contribution in [0.3, 0.4) is 0 Å². The van der Waals surface area contributed by atoms with E-state index in [9.17, 15) is 16.8 Å². The predicted molar refractivity (Wildman–Crippen MR) is 92.3 cm³/mol. The van der Waals surface area contributed by atoms with E-state index in [1.54, 1.807) is 6.07 Å². The highest BCUT2D eigenvalue weighted by Crippen LogP contribution is 2.29. The molecule has 2 aliphatic carbocycles. The standard InChI is InChI=1S/C10H10N2O4S2.C6H4/c1-17(13,14)12-9-5-2-3-6-10(9)18(15,16)8-4-7-11;1-2-6-4-3-5(1)6/h2-6,8,12H,1H3;1-4H. The smallest absolute Gasteiger partial charge is 0.229 e. The molecule has 6 nitrogen and oxygen atoms in total. The maximum absolute atomic E-state index is 11.8. The molecule has 0 fully saturated rings. The molecule has 3 rings (SSSR count). The number of allylic oxidation sites excluding steroid dienone is 1. The largest absolute Gasteiger partial charge is 0.282 e. The monoisotopic (exact) mass is 362 g/mol. The molecule has 0 spiro atoms. The minimum Gasteiger partial charge on any atom is -0.282 e. The molecular formula is C16H14N2O4S2. The number of benzene rings is 2. The van der Waals surface area contributed by atoms with Crippen LogP contribution in [0.2, 0.25) is 0 Å². The highest BCUT2D eigenvalue weighted by Gasteiger charge is 2.17. The molecule has 24 heavy (non-hydrogen) atoms. The zero-order valence-electron chi connectivity index (χ0n) is 12.7. The quantitative estimate of drug-likeness (QED) is 0.718. The number of fused-ring (bicyclic) bond motifs is 1. The minimum absolute atomic E-state index is 0.0532. The molecule has 0 atom stereocenters. The third-order valence-corrected chi connectivity index (χ3v) is 5.08. The van der Waals surface area contributed by atoms with Crippen LogP contribution in [0.5, 0.6) is 0 Å². The Hall–Kier alpha value is -2.63. The Kier molecular flexibility index (Phi) is 5.07. The summed E-state index contributed by atoms with van der Waals surface area (Å²) in [4.78, 5) is -0.207. The molecule has 1 aromatic carbocycles. The average Bonchev–Trinajstić information content (AvgIpc) is 2.48. The number of para-hydroxylation sites is 1. The first kappa shape index (κ1) is 17.7. The van der Waals surface area contributed by atoms with Crippen molar-refractivity contribution in [1.82, 2.24) is 0 Å². The SMILES string of the molecule is CS(=O)(=O)Nc1ccccc1S(=O)(=O)C=CC#N.c1cc2ccc1-2. The molecule has 0 radical (unpaired) electrons. The Morgan fingerprint density at radius 1 is 0.958 bits per heavy atom. The number of nitrogens with one attached hydrogen (secondary N) is 1. The second-order valence-corrected chi connectivity index (χ2v) is 8.48. The summed E-state index contributed by atoms with van der Waals surface area (Å²) in [6.07, 6.45) is 1.73. The maximum Gasteiger partial charge on any atom is 0.229 e. The fraction of sp³-hybridized carbons (Fsp3) is 0.0625. The van der Waals surface area contributed by atoms with Crippen LogP contribution in [-0.2, 0) is 19.9 Å². The number of rotatable bonds is 4. The van der Waals surface area contributed by atoms with E-state index in [1.165, 1.54) is 35.4 Å². The van der Waals surface area contributed by atoms with E-state index in [4.69, 9.17) is 5.26 Å². The molecule has 0 saturated carbocycles. The van der Waals surface area contributed by atoms with Crippen molar-refractivity contribution in [1.29, 1.82) is 5.26 Å². The molecule has 8 heteroatoms. The number of hydrogen-bond donors (Lipinski definition) is 1. The first-order valence-corrected chi connectivity index (χ1v) is 10.2. The van der Waals surface area contributed by atoms with Crippen LogP contribution < -0.4 is 4.72 Å². The van der Waals surface area contributed by atoms with Crippen molar-refractivity contribution in [2.75, 3.05) is 11.0 Å². The lowest BCUT2D eigenvalue weighted by molar-refractivity contribution is 0.605. The zero-order chi connectivity index (χ0) is 17.8. The Labute approximate surface area is 141 Å². The van der Waals surface area contributed by atoms with Gasteiger partial charge in [0.05, 0.1) is 22.9 Å². The summed E-state index contributed by atoms with van der Waals surface area (Å²) >= 11 is 0. The van der Waals surface area contributed by atoms with Crippen LogP contribution in [0.15, 0.2) is 64.9 Å². The van der Waals surface area contributed by atoms with Crippen LogP contribution in [0.1, 0.15) is 0 Å². The van der Waals surface area contributed by atoms with Crippen LogP contribution >= 0.6 is 0 Å². The molecule has 124 valence electrons. The Bertz CT molecular complexity index is 995. The maximum atomic E-state index is 11.8. The number of sulfonamides is 1. The van der Waals surface area contributed by atoms with E-state index in [0.29, 0.717) is 0 Å². The van der Waals surface area contributed by atoms with E-state index >= 15 is 0 Å². The topological polar surface area (TPSA) is 104 Å². The van der Waals surface area contributed by atoms with Crippen LogP contribution in [0.4, 0.5) is 5.69 Å². The second-order valence-electron chi connectivity index (χ2n) is 4.92. The van der Waals surface area contributed by atoms with Gasteiger partial charge in [-0.15, -0.1) is 0 Å². The Morgan fingerprint density at radius 2 is 1.50 bits per heavy atom. The fourth-order valence-electron chi connectivity index (χ4n) is 1.85. The molecule has 0 saturated heterocycles. The first-order chi connectivity index (χ1) is 11.2. The van der Waals surface area contributed by atoms with Gasteiger partial charge in [-0.25, -0.2) is 16.8 Å². The second kappa shape index (κ2) is 6.86. The molecule has 1 N–H and O–H groups in total. The summed E-state index contributed by atoms with van der Waals surface area (Å²) < 4.78 is 48.0. The van der Waals surface area contributed by atoms with Crippen molar-refractivity contribution in [2.24, 2.45) is 0 Å². The number of nitriles is 1. The summed E-state index contributed by atoms with van der Waals surface area (Å²) in [5.41, 5.74) is 2.80. The van der Waals surface area contributed by atoms with Crippen molar-refractivity contribution in [3.05, 3.63) is 60.0 Å². The molecule has 0 aliphatic heterocycles. The van der Waals surface area contributed by atoms with Crippen molar-refractivity contribution < 1.29 is 16.8 Å². The van der Waals surface area contributed by atoms with Gasteiger partial charge in [-0.1, -0.05) is 36.4 Å². The lowest BCUT2D eigenvalue weighted by atomic mass is 9.95. The summed E-state index contributed by atoms with van der Waals surface area (Å²) in [5.74, 6) is 0. The van der Waals surface area contributed by atoms with Gasteiger partial charge in [-0.05, 0) is 23.3 Å². The van der Waals surface area contributed by atoms with E-state index in [1.807, 2.05) is 0 Å². The van der Waals surface area contributed by atoms with E-state index in [0.717, 1.165) is 17.7 Å². The van der Waals surface area contributed by atoms with E-state index in [2.05, 4.69) is 29.0 Å². The molecule has 0 aromatic heterocycles. The van der Waals surface area contributed by atoms with Gasteiger partial charge in [0, 0.05) is 11.5 Å². The molecule has 1 aromatic rings. The Balaban J connectivity index is 0.000000282. The highest BCUT2D eigenvalue weighted by atomic mass is 32.2. The summed E-state index contributed by atoms with van der Waals surface area (Å²) in [7, 11) is -7.44. The third-order valence-electron chi connectivity index (χ3n) is 3.03. The van der Waals surface area contributed by atoms with Crippen LogP contribution in [0, 0.1) is 11.3 Å². The van der Waals surface area contributed by atoms with Crippen molar-refractivity contribution in [2.45, 2.75) is 4.90 Å². The lowest BCUT2D eigenvalue weighted by Gasteiger charge is -2.10. The Morgan fingerprint density at radius 3 is 1.92 bits per heavy atom. The van der Waals surface area contributed by atoms with Gasteiger partial charge in [0.25, 0.3) is 0 Å². The van der Waals surface area contributed by atoms with Gasteiger partial charge in [-0.2, -0.15) is 5.26 Å². The minimum atomic E-state index is -3.86. The van der Waals surface area contributed by atoms with E-state index in [-0.39, 0.29) is 10.6 Å². The summed E-state index contributed by atoms with van der Waals surface area (Å²) in [6, 6.07) is 15.6. The fourth-order valence-corrected chi connectivity index (χ4v) is 3.58. The molecule has 0 bridgehead atoms. The number of anilines is 1. The zero-order valence-corrected chi connectivity index (χ0v) is 14.3. The molecule has 0 unspecified atom stereocenters. The van der Waals surface area contributed by atoms with Gasteiger partial charge >= 0.3 is 0 Å². The van der Waals surface area contributed by atoms with Gasteiger partial charge in [0.15, 0.2) is 0 Å². The third kappa shape index (κ3) is 4.44. The van der Waals surface area contributed by atoms with Crippen molar-refractivity contribution in [3.63, 3.8) is 0 Å². The van der Waals surface area contributed by atoms with Gasteiger partial charge in [-0.3, -0.25) is 4.72 Å². The molecular weight excluding hydrogens is 348 g/mol. The first-order valence-electron chi connectivity index (χ1n) is 6.71. The van der Waals surface area contributed by atoms with Crippen molar-refractivity contribution >= 4 is 25.5 Å². The summed E-state index contributed by atoms with van der Waals surface area (Å²) in [6.45, 7) is 0. The predicted octanol–water partition coefficient (Wildman–Crippen LogP) is 2.54. The molecule has 0 amide bonds. The number of nitrogens with zero attached hydrogens (tertiary/aromatic N) is 1. The van der Waals surface area contributed by atoms with Crippen LogP contribution in [-0.4, -0.2) is 23.1 Å². The lowest BCUT2D eigenvalue weighted by Crippen LogP contribution is -2.12. The average molecular weight is 362 g/mol. The highest BCUT2D eigenvalue weighted by molar-refractivity contribution is 7.94. The molecule has 0 heterocycles. The number of hydrogen-bond acceptors (Lipinski definition) is 5.